The molecule has 0 heterocycles. The van der Waals surface area contributed by atoms with Crippen molar-refractivity contribution in [1.82, 2.24) is 0 Å². The van der Waals surface area contributed by atoms with E-state index in [0.29, 0.717) is 25.7 Å². The number of allylic oxidation sites excluding steroid dienone is 22. The zero-order chi connectivity index (χ0) is 55.0. The van der Waals surface area contributed by atoms with Crippen LogP contribution in [0.3, 0.4) is 0 Å². The van der Waals surface area contributed by atoms with Crippen LogP contribution in [0.5, 0.6) is 0 Å². The summed E-state index contributed by atoms with van der Waals surface area (Å²) in [6, 6.07) is 0. The standard InChI is InChI=1S/C70H114O6/c1-4-7-10-13-16-19-22-25-27-29-31-32-33-34-35-36-37-38-40-41-43-45-48-51-54-57-60-63-69(72)75-66-67(65-74-68(71)62-59-56-53-50-47-24-21-18-15-12-9-6-3)76-70(73)64-61-58-55-52-49-46-44-42-39-30-28-26-23-20-17-14-11-8-5-2/h7,10,16-21,25-28,31-32,34-35,37-38,41,43,48,51,67H,4-6,8-9,11-15,22-24,29-30,33,36,39-40,42,44-47,49-50,52-66H2,1-3H3/b10-7-,19-16-,20-17-,21-18-,27-25-,28-26-,32-31-,35-34-,38-37-,43-41-,51-48-. The fraction of sp³-hybridized carbons (Fsp3) is 0.643. The Bertz CT molecular complexity index is 1630. The highest BCUT2D eigenvalue weighted by Gasteiger charge is 2.19. The van der Waals surface area contributed by atoms with Gasteiger partial charge >= 0.3 is 17.9 Å². The van der Waals surface area contributed by atoms with Crippen LogP contribution in [0.4, 0.5) is 0 Å². The molecule has 1 unspecified atom stereocenters. The van der Waals surface area contributed by atoms with Gasteiger partial charge in [0.2, 0.25) is 0 Å². The molecule has 430 valence electrons. The van der Waals surface area contributed by atoms with Crippen molar-refractivity contribution in [3.63, 3.8) is 0 Å². The first kappa shape index (κ1) is 71.5. The molecular weight excluding hydrogens is 937 g/mol. The van der Waals surface area contributed by atoms with E-state index in [4.69, 9.17) is 14.2 Å². The molecule has 0 radical (unpaired) electrons. The maximum atomic E-state index is 12.9. The number of unbranched alkanes of at least 4 members (excludes halogenated alkanes) is 22. The van der Waals surface area contributed by atoms with E-state index in [0.717, 1.165) is 122 Å². The van der Waals surface area contributed by atoms with Gasteiger partial charge in [0.05, 0.1) is 0 Å². The van der Waals surface area contributed by atoms with Gasteiger partial charge in [0.1, 0.15) is 13.2 Å². The minimum Gasteiger partial charge on any atom is -0.462 e. The Hall–Kier alpha value is -4.45. The maximum absolute atomic E-state index is 12.9. The Morgan fingerprint density at radius 3 is 0.842 bits per heavy atom. The van der Waals surface area contributed by atoms with Crippen molar-refractivity contribution in [1.29, 1.82) is 0 Å². The van der Waals surface area contributed by atoms with E-state index >= 15 is 0 Å². The van der Waals surface area contributed by atoms with Crippen molar-refractivity contribution in [2.75, 3.05) is 13.2 Å². The summed E-state index contributed by atoms with van der Waals surface area (Å²) in [5, 5.41) is 0. The summed E-state index contributed by atoms with van der Waals surface area (Å²) in [6.45, 7) is 6.43. The van der Waals surface area contributed by atoms with Crippen LogP contribution < -0.4 is 0 Å². The highest BCUT2D eigenvalue weighted by Crippen LogP contribution is 2.14. The Labute approximate surface area is 468 Å². The van der Waals surface area contributed by atoms with Gasteiger partial charge < -0.3 is 14.2 Å². The lowest BCUT2D eigenvalue weighted by Gasteiger charge is -2.18. The highest BCUT2D eigenvalue weighted by atomic mass is 16.6. The second kappa shape index (κ2) is 63.1. The van der Waals surface area contributed by atoms with Gasteiger partial charge in [0.15, 0.2) is 6.10 Å². The molecule has 0 aromatic carbocycles. The molecule has 0 N–H and O–H groups in total. The second-order valence-corrected chi connectivity index (χ2v) is 20.2. The van der Waals surface area contributed by atoms with Crippen LogP contribution in [-0.4, -0.2) is 37.2 Å². The molecule has 76 heavy (non-hydrogen) atoms. The summed E-state index contributed by atoms with van der Waals surface area (Å²) in [6.07, 6.45) is 88.8. The van der Waals surface area contributed by atoms with E-state index in [1.165, 1.54) is 103 Å². The lowest BCUT2D eigenvalue weighted by molar-refractivity contribution is -0.167. The number of hydrogen-bond acceptors (Lipinski definition) is 6. The molecule has 0 bridgehead atoms. The number of rotatable bonds is 55. The monoisotopic (exact) mass is 1050 g/mol. The molecule has 0 aromatic heterocycles. The van der Waals surface area contributed by atoms with Crippen LogP contribution in [0.25, 0.3) is 0 Å². The molecule has 0 saturated carbocycles. The van der Waals surface area contributed by atoms with Crippen LogP contribution in [0.1, 0.15) is 271 Å². The van der Waals surface area contributed by atoms with Gasteiger partial charge in [-0.1, -0.05) is 244 Å². The van der Waals surface area contributed by atoms with Gasteiger partial charge in [-0.2, -0.15) is 0 Å². The zero-order valence-corrected chi connectivity index (χ0v) is 49.2. The number of carbonyl (C=O) groups excluding carboxylic acids is 3. The SMILES string of the molecule is CC/C=C\C/C=C\C/C=C\C/C=C\C/C=C\C/C=C\C/C=C\C/C=C\CCCCC(=O)OCC(COC(=O)CCCCCCC/C=C\CCCCC)OC(=O)CCCCCCCCCCC/C=C\C/C=C\CCCCC. The third-order valence-electron chi connectivity index (χ3n) is 12.9. The number of esters is 3. The van der Waals surface area contributed by atoms with Crippen LogP contribution in [0.15, 0.2) is 134 Å². The molecular formula is C70H114O6. The Kier molecular flexibility index (Phi) is 59.4. The fourth-order valence-corrected chi connectivity index (χ4v) is 8.19. The van der Waals surface area contributed by atoms with E-state index < -0.39 is 6.10 Å². The molecule has 0 amide bonds. The van der Waals surface area contributed by atoms with Crippen molar-refractivity contribution in [2.24, 2.45) is 0 Å². The molecule has 0 aliphatic heterocycles. The molecule has 1 atom stereocenters. The quantitative estimate of drug-likeness (QED) is 0.0261. The predicted octanol–water partition coefficient (Wildman–Crippen LogP) is 21.4. The van der Waals surface area contributed by atoms with E-state index in [9.17, 15) is 14.4 Å². The highest BCUT2D eigenvalue weighted by molar-refractivity contribution is 5.71. The van der Waals surface area contributed by atoms with Gasteiger partial charge in [-0.25, -0.2) is 0 Å². The molecule has 6 heteroatoms. The maximum Gasteiger partial charge on any atom is 0.306 e. The van der Waals surface area contributed by atoms with Gasteiger partial charge in [-0.3, -0.25) is 14.4 Å². The van der Waals surface area contributed by atoms with Crippen LogP contribution in [0, 0.1) is 0 Å². The second-order valence-electron chi connectivity index (χ2n) is 20.2. The molecule has 0 spiro atoms. The summed E-state index contributed by atoms with van der Waals surface area (Å²) in [4.78, 5) is 38.2. The first-order valence-corrected chi connectivity index (χ1v) is 31.2. The largest absolute Gasteiger partial charge is 0.462 e. The van der Waals surface area contributed by atoms with E-state index in [-0.39, 0.29) is 31.1 Å². The molecule has 0 aliphatic rings. The normalized spacial score (nSPS) is 13.0. The molecule has 0 saturated heterocycles. The summed E-state index contributed by atoms with van der Waals surface area (Å²) in [5.74, 6) is -0.960. The third-order valence-corrected chi connectivity index (χ3v) is 12.9. The van der Waals surface area contributed by atoms with Crippen molar-refractivity contribution in [2.45, 2.75) is 277 Å². The van der Waals surface area contributed by atoms with E-state index in [1.807, 2.05) is 0 Å². The third kappa shape index (κ3) is 60.4. The van der Waals surface area contributed by atoms with Crippen LogP contribution in [0.2, 0.25) is 0 Å². The van der Waals surface area contributed by atoms with Crippen LogP contribution >= 0.6 is 0 Å². The Balaban J connectivity index is 4.43. The zero-order valence-electron chi connectivity index (χ0n) is 49.2. The average molecular weight is 1050 g/mol. The smallest absolute Gasteiger partial charge is 0.306 e. The minimum atomic E-state index is -0.807. The number of ether oxygens (including phenoxy) is 3. The molecule has 0 rings (SSSR count). The number of hydrogen-bond donors (Lipinski definition) is 0. The van der Waals surface area contributed by atoms with Gasteiger partial charge in [-0.05, 0) is 141 Å². The van der Waals surface area contributed by atoms with Gasteiger partial charge in [0, 0.05) is 19.3 Å². The topological polar surface area (TPSA) is 78.9 Å². The van der Waals surface area contributed by atoms with E-state index in [1.54, 1.807) is 0 Å². The van der Waals surface area contributed by atoms with Gasteiger partial charge in [-0.15, -0.1) is 0 Å². The van der Waals surface area contributed by atoms with E-state index in [2.05, 4.69) is 154 Å². The molecule has 0 aromatic rings. The molecule has 0 fully saturated rings. The summed E-state index contributed by atoms with van der Waals surface area (Å²) >= 11 is 0. The van der Waals surface area contributed by atoms with Crippen LogP contribution in [-0.2, 0) is 28.6 Å². The van der Waals surface area contributed by atoms with Crippen molar-refractivity contribution >= 4 is 17.9 Å². The van der Waals surface area contributed by atoms with Crippen molar-refractivity contribution < 1.29 is 28.6 Å². The summed E-state index contributed by atoms with van der Waals surface area (Å²) in [5.41, 5.74) is 0. The van der Waals surface area contributed by atoms with Crippen molar-refractivity contribution in [3.8, 4) is 0 Å². The predicted molar refractivity (Wildman–Crippen MR) is 329 cm³/mol. The first-order valence-electron chi connectivity index (χ1n) is 31.2. The minimum absolute atomic E-state index is 0.101. The summed E-state index contributed by atoms with van der Waals surface area (Å²) in [7, 11) is 0. The number of carbonyl (C=O) groups is 3. The van der Waals surface area contributed by atoms with Crippen molar-refractivity contribution in [3.05, 3.63) is 134 Å². The lowest BCUT2D eigenvalue weighted by atomic mass is 10.1. The average Bonchev–Trinajstić information content (AvgIpc) is 3.42. The Morgan fingerprint density at radius 2 is 0.513 bits per heavy atom. The first-order chi connectivity index (χ1) is 37.5. The summed E-state index contributed by atoms with van der Waals surface area (Å²) < 4.78 is 16.8. The Morgan fingerprint density at radius 1 is 0.276 bits per heavy atom. The lowest BCUT2D eigenvalue weighted by Crippen LogP contribution is -2.30. The van der Waals surface area contributed by atoms with Gasteiger partial charge in [0.25, 0.3) is 0 Å². The molecule has 0 aliphatic carbocycles. The molecule has 6 nitrogen and oxygen atoms in total. The fourth-order valence-electron chi connectivity index (χ4n) is 8.19.